The first-order chi connectivity index (χ1) is 6.96. The number of quaternary nitrogens is 1. The lowest BCUT2D eigenvalue weighted by Gasteiger charge is -2.49. The van der Waals surface area contributed by atoms with Crippen LogP contribution >= 0.6 is 0 Å². The highest BCUT2D eigenvalue weighted by molar-refractivity contribution is 4.87. The van der Waals surface area contributed by atoms with Crippen LogP contribution < -0.4 is 17.0 Å². The van der Waals surface area contributed by atoms with Gasteiger partial charge in [-0.25, -0.2) is 0 Å². The highest BCUT2D eigenvalue weighted by atomic mass is 79.9. The Morgan fingerprint density at radius 1 is 1.12 bits per heavy atom. The molecule has 0 aromatic rings. The molecule has 5 N–H and O–H groups in total. The summed E-state index contributed by atoms with van der Waals surface area (Å²) in [5, 5.41) is 46.8. The third-order valence-corrected chi connectivity index (χ3v) is 3.34. The Hall–Kier alpha value is 0.240. The molecule has 5 atom stereocenters. The van der Waals surface area contributed by atoms with Crippen LogP contribution in [0.2, 0.25) is 0 Å². The van der Waals surface area contributed by atoms with Crippen molar-refractivity contribution in [3.63, 3.8) is 0 Å². The molecule has 1 heterocycles. The molecule has 1 unspecified atom stereocenters. The number of halogens is 1. The lowest BCUT2D eigenvalue weighted by molar-refractivity contribution is -0.946. The zero-order chi connectivity index (χ0) is 11.6. The number of hydrogen-bond acceptors (Lipinski definition) is 5. The van der Waals surface area contributed by atoms with E-state index in [1.807, 2.05) is 0 Å². The maximum Gasteiger partial charge on any atom is 0.141 e. The molecule has 7 heteroatoms. The van der Waals surface area contributed by atoms with Crippen LogP contribution in [0.4, 0.5) is 0 Å². The van der Waals surface area contributed by atoms with Crippen LogP contribution in [-0.4, -0.2) is 87.7 Å². The molecular weight excluding hydrogens is 282 g/mol. The predicted molar refractivity (Wildman–Crippen MR) is 51.9 cm³/mol. The zero-order valence-corrected chi connectivity index (χ0v) is 10.8. The Bertz CT molecular complexity index is 220. The zero-order valence-electron chi connectivity index (χ0n) is 9.20. The summed E-state index contributed by atoms with van der Waals surface area (Å²) in [4.78, 5) is 0. The first-order valence-corrected chi connectivity index (χ1v) is 5.06. The van der Waals surface area contributed by atoms with Crippen molar-refractivity contribution in [2.75, 3.05) is 33.4 Å². The number of aliphatic hydroxyl groups excluding tert-OH is 5. The van der Waals surface area contributed by atoms with Crippen LogP contribution in [0.15, 0.2) is 0 Å². The fourth-order valence-electron chi connectivity index (χ4n) is 2.29. The standard InChI is InChI=1S/C9H20NO5.BrH/c1-10(2-3-11)4-7(13)9(15)8(14)6(10)5-12;/h6-9,11-15H,2-5H2,1H3;1H/q+1;/p-1/t6-,7+,8-,9-,10?;/m1./s1. The molecule has 1 rings (SSSR count). The van der Waals surface area contributed by atoms with Crippen LogP contribution in [0, 0.1) is 0 Å². The highest BCUT2D eigenvalue weighted by Crippen LogP contribution is 2.24. The number of likely N-dealkylation sites (tertiary alicyclic amines) is 1. The summed E-state index contributed by atoms with van der Waals surface area (Å²) >= 11 is 0. The summed E-state index contributed by atoms with van der Waals surface area (Å²) in [5.74, 6) is 0. The lowest BCUT2D eigenvalue weighted by atomic mass is 9.92. The van der Waals surface area contributed by atoms with Crippen molar-refractivity contribution in [1.82, 2.24) is 0 Å². The Kier molecular flexibility index (Phi) is 6.34. The van der Waals surface area contributed by atoms with Crippen molar-refractivity contribution in [3.8, 4) is 0 Å². The molecule has 6 nitrogen and oxygen atoms in total. The Labute approximate surface area is 105 Å². The van der Waals surface area contributed by atoms with Crippen LogP contribution in [0.1, 0.15) is 0 Å². The minimum Gasteiger partial charge on any atom is -1.00 e. The molecule has 0 radical (unpaired) electrons. The average Bonchev–Trinajstić information content (AvgIpc) is 2.15. The average molecular weight is 302 g/mol. The fourth-order valence-corrected chi connectivity index (χ4v) is 2.29. The van der Waals surface area contributed by atoms with Crippen molar-refractivity contribution in [3.05, 3.63) is 0 Å². The maximum absolute atomic E-state index is 9.70. The van der Waals surface area contributed by atoms with Crippen LogP contribution in [0.5, 0.6) is 0 Å². The minimum atomic E-state index is -1.23. The number of rotatable bonds is 3. The number of hydrogen-bond donors (Lipinski definition) is 5. The SMILES string of the molecule is C[N+]1(CCO)C[C@H](O)[C@@H](O)[C@H](O)[C@H]1CO.[Br-]. The monoisotopic (exact) mass is 301 g/mol. The predicted octanol–water partition coefficient (Wildman–Crippen LogP) is -6.11. The fraction of sp³-hybridized carbons (Fsp3) is 1.00. The van der Waals surface area contributed by atoms with Crippen molar-refractivity contribution >= 4 is 0 Å². The molecule has 16 heavy (non-hydrogen) atoms. The van der Waals surface area contributed by atoms with E-state index in [4.69, 9.17) is 5.11 Å². The summed E-state index contributed by atoms with van der Waals surface area (Å²) in [6.07, 6.45) is -3.43. The van der Waals surface area contributed by atoms with E-state index < -0.39 is 24.4 Å². The van der Waals surface area contributed by atoms with Gasteiger partial charge in [0.05, 0.1) is 20.3 Å². The number of piperidine rings is 1. The van der Waals surface area contributed by atoms with Gasteiger partial charge in [-0.3, -0.25) is 0 Å². The molecule has 1 saturated heterocycles. The van der Waals surface area contributed by atoms with E-state index in [9.17, 15) is 20.4 Å². The second-order valence-electron chi connectivity index (χ2n) is 4.41. The summed E-state index contributed by atoms with van der Waals surface area (Å²) in [5.41, 5.74) is 0. The molecule has 1 aliphatic rings. The largest absolute Gasteiger partial charge is 1.00 e. The molecule has 0 aliphatic carbocycles. The second-order valence-corrected chi connectivity index (χ2v) is 4.41. The molecule has 0 aromatic heterocycles. The first kappa shape index (κ1) is 16.2. The van der Waals surface area contributed by atoms with Gasteiger partial charge in [-0.1, -0.05) is 0 Å². The lowest BCUT2D eigenvalue weighted by Crippen LogP contribution is -3.00. The van der Waals surface area contributed by atoms with E-state index in [0.29, 0.717) is 6.54 Å². The normalized spacial score (nSPS) is 43.9. The Morgan fingerprint density at radius 2 is 1.69 bits per heavy atom. The van der Waals surface area contributed by atoms with Gasteiger partial charge < -0.3 is 47.0 Å². The summed E-state index contributed by atoms with van der Waals surface area (Å²) in [6, 6.07) is -0.574. The van der Waals surface area contributed by atoms with Crippen molar-refractivity contribution in [2.24, 2.45) is 0 Å². The van der Waals surface area contributed by atoms with Gasteiger partial charge in [0.15, 0.2) is 0 Å². The molecule has 98 valence electrons. The maximum atomic E-state index is 9.70. The van der Waals surface area contributed by atoms with E-state index in [1.165, 1.54) is 0 Å². The van der Waals surface area contributed by atoms with E-state index in [-0.39, 0.29) is 41.2 Å². The van der Waals surface area contributed by atoms with Crippen molar-refractivity contribution in [1.29, 1.82) is 0 Å². The van der Waals surface area contributed by atoms with Gasteiger partial charge in [0.2, 0.25) is 0 Å². The number of likely N-dealkylation sites (N-methyl/N-ethyl adjacent to an activating group) is 1. The van der Waals surface area contributed by atoms with Gasteiger partial charge >= 0.3 is 0 Å². The van der Waals surface area contributed by atoms with Crippen molar-refractivity contribution in [2.45, 2.75) is 24.4 Å². The molecule has 0 aromatic carbocycles. The van der Waals surface area contributed by atoms with Crippen LogP contribution in [-0.2, 0) is 0 Å². The van der Waals surface area contributed by atoms with E-state index >= 15 is 0 Å². The van der Waals surface area contributed by atoms with Gasteiger partial charge in [-0.2, -0.15) is 0 Å². The number of aliphatic hydroxyl groups is 5. The van der Waals surface area contributed by atoms with E-state index in [1.54, 1.807) is 7.05 Å². The van der Waals surface area contributed by atoms with Crippen LogP contribution in [0.25, 0.3) is 0 Å². The van der Waals surface area contributed by atoms with Crippen LogP contribution in [0.3, 0.4) is 0 Å². The van der Waals surface area contributed by atoms with Gasteiger partial charge in [0, 0.05) is 0 Å². The molecule has 1 aliphatic heterocycles. The van der Waals surface area contributed by atoms with E-state index in [2.05, 4.69) is 0 Å². The summed E-state index contributed by atoms with van der Waals surface area (Å²) < 4.78 is 0.159. The topological polar surface area (TPSA) is 101 Å². The highest BCUT2D eigenvalue weighted by Gasteiger charge is 2.49. The molecule has 1 fully saturated rings. The van der Waals surface area contributed by atoms with Crippen molar-refractivity contribution < 1.29 is 47.0 Å². The van der Waals surface area contributed by atoms with Gasteiger partial charge in [-0.15, -0.1) is 0 Å². The Morgan fingerprint density at radius 3 is 2.12 bits per heavy atom. The third-order valence-electron chi connectivity index (χ3n) is 3.34. The van der Waals surface area contributed by atoms with E-state index in [0.717, 1.165) is 0 Å². The third kappa shape index (κ3) is 2.92. The molecule has 0 bridgehead atoms. The molecule has 0 saturated carbocycles. The van der Waals surface area contributed by atoms with Gasteiger partial charge in [0.1, 0.15) is 37.4 Å². The second kappa shape index (κ2) is 6.25. The molecule has 0 amide bonds. The minimum absolute atomic E-state index is 0. The van der Waals surface area contributed by atoms with Gasteiger partial charge in [0.25, 0.3) is 0 Å². The number of nitrogens with zero attached hydrogens (tertiary/aromatic N) is 1. The first-order valence-electron chi connectivity index (χ1n) is 5.06. The smallest absolute Gasteiger partial charge is 0.141 e. The quantitative estimate of drug-likeness (QED) is 0.334. The Balaban J connectivity index is 0.00000225. The summed E-state index contributed by atoms with van der Waals surface area (Å²) in [6.45, 7) is 0.153. The molecule has 0 spiro atoms. The van der Waals surface area contributed by atoms with Gasteiger partial charge in [-0.05, 0) is 0 Å². The summed E-state index contributed by atoms with van der Waals surface area (Å²) in [7, 11) is 1.73. The molecular formula is C9H20BrNO5.